The van der Waals surface area contributed by atoms with Crippen LogP contribution in [0.25, 0.3) is 0 Å². The van der Waals surface area contributed by atoms with Gasteiger partial charge in [0.2, 0.25) is 11.8 Å². The van der Waals surface area contributed by atoms with Crippen molar-refractivity contribution in [2.75, 3.05) is 25.0 Å². The molecule has 1 saturated heterocycles. The number of amides is 1. The molecule has 0 unspecified atom stereocenters. The topological polar surface area (TPSA) is 78.6 Å². The van der Waals surface area contributed by atoms with Gasteiger partial charge in [0, 0.05) is 19.2 Å². The van der Waals surface area contributed by atoms with Gasteiger partial charge in [-0.1, -0.05) is 32.3 Å². The van der Waals surface area contributed by atoms with Gasteiger partial charge in [-0.15, -0.1) is 0 Å². The molecule has 1 aliphatic heterocycles. The number of rotatable bonds is 6. The van der Waals surface area contributed by atoms with Gasteiger partial charge >= 0.3 is 0 Å². The third-order valence-corrected chi connectivity index (χ3v) is 3.50. The second-order valence-electron chi connectivity index (χ2n) is 5.94. The largest absolute Gasteiger partial charge is 0.387 e. The summed E-state index contributed by atoms with van der Waals surface area (Å²) >= 11 is 0. The summed E-state index contributed by atoms with van der Waals surface area (Å²) in [7, 11) is 0. The predicted molar refractivity (Wildman–Crippen MR) is 75.5 cm³/mol. The Morgan fingerprint density at radius 2 is 2.30 bits per heavy atom. The van der Waals surface area contributed by atoms with Gasteiger partial charge < -0.3 is 9.63 Å². The van der Waals surface area contributed by atoms with Crippen LogP contribution in [-0.4, -0.2) is 46.3 Å². The lowest BCUT2D eigenvalue weighted by atomic mass is 9.89. The normalized spacial score (nSPS) is 18.1. The van der Waals surface area contributed by atoms with Crippen LogP contribution in [-0.2, 0) is 4.79 Å². The zero-order valence-corrected chi connectivity index (χ0v) is 12.3. The first kappa shape index (κ1) is 15.0. The van der Waals surface area contributed by atoms with E-state index in [1.54, 1.807) is 6.07 Å². The zero-order chi connectivity index (χ0) is 14.8. The van der Waals surface area contributed by atoms with Crippen LogP contribution in [0.2, 0.25) is 0 Å². The Hall–Kier alpha value is -1.40. The van der Waals surface area contributed by atoms with E-state index < -0.39 is 5.60 Å². The summed E-state index contributed by atoms with van der Waals surface area (Å²) < 4.78 is 5.06. The molecule has 0 saturated carbocycles. The van der Waals surface area contributed by atoms with Crippen molar-refractivity contribution in [2.24, 2.45) is 0 Å². The molecule has 1 fully saturated rings. The molecule has 1 aliphatic rings. The minimum absolute atomic E-state index is 0.144. The van der Waals surface area contributed by atoms with E-state index in [1.165, 1.54) is 0 Å². The third kappa shape index (κ3) is 3.58. The number of nitrogens with one attached hydrogen (secondary N) is 1. The van der Waals surface area contributed by atoms with Crippen molar-refractivity contribution in [1.29, 1.82) is 0 Å². The summed E-state index contributed by atoms with van der Waals surface area (Å²) in [6.07, 6.45) is 1.73. The van der Waals surface area contributed by atoms with Crippen molar-refractivity contribution in [3.05, 3.63) is 11.8 Å². The monoisotopic (exact) mass is 281 g/mol. The van der Waals surface area contributed by atoms with Gasteiger partial charge in [-0.3, -0.25) is 15.0 Å². The molecule has 0 spiro atoms. The van der Waals surface area contributed by atoms with Crippen LogP contribution in [0.5, 0.6) is 0 Å². The molecule has 2 rings (SSSR count). The van der Waals surface area contributed by atoms with Crippen LogP contribution in [0.3, 0.4) is 0 Å². The van der Waals surface area contributed by atoms with Crippen LogP contribution < -0.4 is 5.32 Å². The molecule has 0 aromatic carbocycles. The van der Waals surface area contributed by atoms with E-state index in [0.29, 0.717) is 19.0 Å². The maximum atomic E-state index is 11.8. The highest BCUT2D eigenvalue weighted by molar-refractivity contribution is 5.91. The molecule has 6 heteroatoms. The Balaban J connectivity index is 1.76. The molecule has 20 heavy (non-hydrogen) atoms. The van der Waals surface area contributed by atoms with Gasteiger partial charge in [-0.25, -0.2) is 0 Å². The van der Waals surface area contributed by atoms with Crippen molar-refractivity contribution < 1.29 is 14.4 Å². The first-order chi connectivity index (χ1) is 9.42. The van der Waals surface area contributed by atoms with Crippen molar-refractivity contribution in [1.82, 2.24) is 10.1 Å². The van der Waals surface area contributed by atoms with Crippen molar-refractivity contribution in [3.63, 3.8) is 0 Å². The number of aromatic nitrogens is 1. The van der Waals surface area contributed by atoms with Crippen LogP contribution >= 0.6 is 0 Å². The average molecular weight is 281 g/mol. The summed E-state index contributed by atoms with van der Waals surface area (Å²) in [4.78, 5) is 13.8. The second-order valence-corrected chi connectivity index (χ2v) is 5.94. The van der Waals surface area contributed by atoms with E-state index in [1.807, 2.05) is 25.7 Å². The van der Waals surface area contributed by atoms with Gasteiger partial charge in [0.25, 0.3) is 0 Å². The number of aliphatic hydroxyl groups is 1. The van der Waals surface area contributed by atoms with Crippen LogP contribution in [0.1, 0.15) is 45.2 Å². The molecule has 1 aromatic rings. The van der Waals surface area contributed by atoms with Gasteiger partial charge in [0.15, 0.2) is 0 Å². The molecule has 6 nitrogen and oxygen atoms in total. The van der Waals surface area contributed by atoms with Crippen LogP contribution in [0.4, 0.5) is 5.88 Å². The van der Waals surface area contributed by atoms with Gasteiger partial charge in [0.1, 0.15) is 0 Å². The summed E-state index contributed by atoms with van der Waals surface area (Å²) in [5, 5.41) is 16.6. The number of β-amino-alcohol motifs (C(OH)–C–C–N with tert-alkyl or cyclic N) is 1. The Labute approximate surface area is 119 Å². The number of carbonyl (C=O) groups is 1. The van der Waals surface area contributed by atoms with Crippen LogP contribution in [0.15, 0.2) is 10.6 Å². The molecular formula is C14H23N3O3. The molecule has 1 aromatic heterocycles. The molecule has 0 atom stereocenters. The molecular weight excluding hydrogens is 258 g/mol. The fourth-order valence-corrected chi connectivity index (χ4v) is 2.52. The van der Waals surface area contributed by atoms with Crippen LogP contribution in [0, 0.1) is 0 Å². The summed E-state index contributed by atoms with van der Waals surface area (Å²) in [5.74, 6) is 0.502. The Morgan fingerprint density at radius 1 is 1.60 bits per heavy atom. The highest BCUT2D eigenvalue weighted by Crippen LogP contribution is 2.25. The zero-order valence-electron chi connectivity index (χ0n) is 12.3. The van der Waals surface area contributed by atoms with E-state index in [-0.39, 0.29) is 18.4 Å². The minimum Gasteiger partial charge on any atom is -0.387 e. The highest BCUT2D eigenvalue weighted by Gasteiger charge is 2.40. The maximum Gasteiger partial charge on any atom is 0.240 e. The highest BCUT2D eigenvalue weighted by atomic mass is 16.5. The maximum absolute atomic E-state index is 11.8. The second kappa shape index (κ2) is 5.93. The lowest BCUT2D eigenvalue weighted by molar-refractivity contribution is -0.129. The molecule has 0 radical (unpaired) electrons. The summed E-state index contributed by atoms with van der Waals surface area (Å²) in [5.41, 5.74) is 0.216. The SMILES string of the molecule is CCCC1(O)CN(CC(=O)Nc2cc(C(C)C)no2)C1. The average Bonchev–Trinajstić information content (AvgIpc) is 2.75. The Morgan fingerprint density at radius 3 is 2.85 bits per heavy atom. The predicted octanol–water partition coefficient (Wildman–Crippen LogP) is 1.58. The van der Waals surface area contributed by atoms with E-state index >= 15 is 0 Å². The minimum atomic E-state index is -0.605. The smallest absolute Gasteiger partial charge is 0.240 e. The molecule has 112 valence electrons. The van der Waals surface area contributed by atoms with Gasteiger partial charge in [-0.05, 0) is 12.3 Å². The number of anilines is 1. The summed E-state index contributed by atoms with van der Waals surface area (Å²) in [6, 6.07) is 1.74. The Kier molecular flexibility index (Phi) is 4.45. The molecule has 2 heterocycles. The summed E-state index contributed by atoms with van der Waals surface area (Å²) in [6.45, 7) is 7.45. The van der Waals surface area contributed by atoms with Gasteiger partial charge in [-0.2, -0.15) is 0 Å². The van der Waals surface area contributed by atoms with Crippen molar-refractivity contribution in [2.45, 2.75) is 45.1 Å². The van der Waals surface area contributed by atoms with E-state index in [2.05, 4.69) is 10.5 Å². The number of likely N-dealkylation sites (tertiary alicyclic amines) is 1. The standard InChI is InChI=1S/C14H23N3O3/c1-4-5-14(19)8-17(9-14)7-12(18)15-13-6-11(10(2)3)16-20-13/h6,10,19H,4-5,7-9H2,1-3H3,(H,15,18). The Bertz CT molecular complexity index is 464. The lowest BCUT2D eigenvalue weighted by Crippen LogP contribution is -2.62. The van der Waals surface area contributed by atoms with Crippen molar-refractivity contribution >= 4 is 11.8 Å². The number of carbonyl (C=O) groups excluding carboxylic acids is 1. The van der Waals surface area contributed by atoms with E-state index in [9.17, 15) is 9.90 Å². The first-order valence-corrected chi connectivity index (χ1v) is 7.13. The van der Waals surface area contributed by atoms with E-state index in [4.69, 9.17) is 4.52 Å². The molecule has 2 N–H and O–H groups in total. The molecule has 0 aliphatic carbocycles. The number of nitrogens with zero attached hydrogens (tertiary/aromatic N) is 2. The lowest BCUT2D eigenvalue weighted by Gasteiger charge is -2.46. The fourth-order valence-electron chi connectivity index (χ4n) is 2.52. The number of hydrogen-bond donors (Lipinski definition) is 2. The fraction of sp³-hybridized carbons (Fsp3) is 0.714. The third-order valence-electron chi connectivity index (χ3n) is 3.50. The molecule has 1 amide bonds. The van der Waals surface area contributed by atoms with Crippen molar-refractivity contribution in [3.8, 4) is 0 Å². The van der Waals surface area contributed by atoms with Gasteiger partial charge in [0.05, 0.1) is 17.8 Å². The quantitative estimate of drug-likeness (QED) is 0.827. The molecule has 0 bridgehead atoms. The first-order valence-electron chi connectivity index (χ1n) is 7.13. The van der Waals surface area contributed by atoms with E-state index in [0.717, 1.165) is 18.5 Å². The number of hydrogen-bond acceptors (Lipinski definition) is 5.